The first-order valence-corrected chi connectivity index (χ1v) is 5.55. The number of nitrogens with one attached hydrogen (secondary N) is 1. The Morgan fingerprint density at radius 3 is 2.79 bits per heavy atom. The van der Waals surface area contributed by atoms with Gasteiger partial charge in [-0.3, -0.25) is 14.5 Å². The summed E-state index contributed by atoms with van der Waals surface area (Å²) in [5.74, 6) is -2.19. The maximum atomic E-state index is 11.9. The van der Waals surface area contributed by atoms with Gasteiger partial charge in [-0.25, -0.2) is 0 Å². The Hall–Kier alpha value is -2.41. The van der Waals surface area contributed by atoms with Gasteiger partial charge in [-0.05, 0) is 12.1 Å². The second-order valence-corrected chi connectivity index (χ2v) is 3.91. The normalized spacial score (nSPS) is 13.7. The number of aliphatic carboxylic acids is 1. The van der Waals surface area contributed by atoms with Gasteiger partial charge in [-0.1, -0.05) is 12.1 Å². The van der Waals surface area contributed by atoms with Crippen molar-refractivity contribution in [3.05, 3.63) is 24.3 Å². The Morgan fingerprint density at radius 1 is 1.32 bits per heavy atom. The van der Waals surface area contributed by atoms with Crippen LogP contribution in [0.15, 0.2) is 24.3 Å². The maximum absolute atomic E-state index is 11.9. The summed E-state index contributed by atoms with van der Waals surface area (Å²) in [4.78, 5) is 34.8. The molecule has 0 atom stereocenters. The first-order chi connectivity index (χ1) is 9.08. The van der Waals surface area contributed by atoms with E-state index in [0.29, 0.717) is 11.4 Å². The van der Waals surface area contributed by atoms with Gasteiger partial charge in [-0.2, -0.15) is 0 Å². The van der Waals surface area contributed by atoms with Gasteiger partial charge in [0.05, 0.1) is 24.0 Å². The van der Waals surface area contributed by atoms with Gasteiger partial charge >= 0.3 is 0 Å². The average molecular weight is 263 g/mol. The van der Waals surface area contributed by atoms with Gasteiger partial charge in [0, 0.05) is 0 Å². The van der Waals surface area contributed by atoms with Crippen molar-refractivity contribution in [3.63, 3.8) is 0 Å². The van der Waals surface area contributed by atoms with E-state index in [1.54, 1.807) is 24.3 Å². The summed E-state index contributed by atoms with van der Waals surface area (Å²) < 4.78 is 4.68. The smallest absolute Gasteiger partial charge is 0.253 e. The fourth-order valence-corrected chi connectivity index (χ4v) is 1.76. The zero-order chi connectivity index (χ0) is 13.8. The summed E-state index contributed by atoms with van der Waals surface area (Å²) in [6.45, 7) is -1.20. The fraction of sp³-hybridized carbons (Fsp3) is 0.250. The lowest BCUT2D eigenvalue weighted by atomic mass is 10.2. The van der Waals surface area contributed by atoms with Crippen molar-refractivity contribution in [2.75, 3.05) is 30.0 Å². The van der Waals surface area contributed by atoms with Crippen LogP contribution in [0.2, 0.25) is 0 Å². The maximum Gasteiger partial charge on any atom is 0.253 e. The van der Waals surface area contributed by atoms with Gasteiger partial charge < -0.3 is 20.0 Å². The molecule has 2 rings (SSSR count). The Morgan fingerprint density at radius 2 is 2.05 bits per heavy atom. The Kier molecular flexibility index (Phi) is 3.76. The van der Waals surface area contributed by atoms with E-state index < -0.39 is 25.1 Å². The highest BCUT2D eigenvalue weighted by Gasteiger charge is 2.26. The number of carboxylic acid groups (broad SMARTS) is 1. The molecule has 0 aliphatic carbocycles. The van der Waals surface area contributed by atoms with Gasteiger partial charge in [0.1, 0.15) is 13.2 Å². The molecular weight excluding hydrogens is 252 g/mol. The number of para-hydroxylation sites is 2. The topological polar surface area (TPSA) is 98.8 Å². The summed E-state index contributed by atoms with van der Waals surface area (Å²) >= 11 is 0. The number of rotatable bonds is 4. The Labute approximate surface area is 108 Å². The van der Waals surface area contributed by atoms with Crippen LogP contribution in [0.4, 0.5) is 11.4 Å². The van der Waals surface area contributed by atoms with Gasteiger partial charge in [0.25, 0.3) is 5.91 Å². The second-order valence-electron chi connectivity index (χ2n) is 3.91. The van der Waals surface area contributed by atoms with E-state index in [0.717, 1.165) is 0 Å². The third kappa shape index (κ3) is 3.08. The number of fused-ring (bicyclic) bond motifs is 1. The highest BCUT2D eigenvalue weighted by molar-refractivity contribution is 6.10. The molecule has 1 heterocycles. The van der Waals surface area contributed by atoms with Crippen molar-refractivity contribution < 1.29 is 24.2 Å². The van der Waals surface area contributed by atoms with E-state index in [2.05, 4.69) is 10.1 Å². The largest absolute Gasteiger partial charge is 0.548 e. The standard InChI is InChI=1S/C12H12N2O5/c15-10-5-14(11(16)6-19-7-12(17)18)9-4-2-1-3-8(9)13-10/h1-4H,5-7H2,(H,13,15)(H,17,18)/p-1. The molecule has 19 heavy (non-hydrogen) atoms. The minimum absolute atomic E-state index is 0.121. The Balaban J connectivity index is 2.09. The number of amides is 2. The van der Waals surface area contributed by atoms with Crippen molar-refractivity contribution in [2.45, 2.75) is 0 Å². The number of benzene rings is 1. The third-order valence-electron chi connectivity index (χ3n) is 2.52. The molecule has 1 aromatic carbocycles. The molecule has 0 spiro atoms. The molecule has 0 saturated carbocycles. The van der Waals surface area contributed by atoms with Gasteiger partial charge in [0.2, 0.25) is 5.91 Å². The molecule has 0 saturated heterocycles. The first kappa shape index (κ1) is 13.0. The molecule has 0 aromatic heterocycles. The van der Waals surface area contributed by atoms with Crippen LogP contribution in [0.5, 0.6) is 0 Å². The molecule has 0 bridgehead atoms. The predicted molar refractivity (Wildman–Crippen MR) is 63.3 cm³/mol. The minimum Gasteiger partial charge on any atom is -0.548 e. The van der Waals surface area contributed by atoms with Crippen LogP contribution in [0.1, 0.15) is 0 Å². The number of nitrogens with zero attached hydrogens (tertiary/aromatic N) is 1. The molecule has 7 heteroatoms. The summed E-state index contributed by atoms with van der Waals surface area (Å²) in [5, 5.41) is 12.8. The summed E-state index contributed by atoms with van der Waals surface area (Å²) in [5.41, 5.74) is 1.09. The number of carbonyl (C=O) groups excluding carboxylic acids is 3. The van der Waals surface area contributed by atoms with Crippen molar-refractivity contribution in [1.29, 1.82) is 0 Å². The van der Waals surface area contributed by atoms with Gasteiger partial charge in [0.15, 0.2) is 0 Å². The molecule has 1 aliphatic heterocycles. The molecule has 7 nitrogen and oxygen atoms in total. The number of carboxylic acids is 1. The molecule has 0 radical (unpaired) electrons. The molecule has 1 aromatic rings. The monoisotopic (exact) mass is 263 g/mol. The lowest BCUT2D eigenvalue weighted by molar-refractivity contribution is -0.309. The lowest BCUT2D eigenvalue weighted by Gasteiger charge is -2.29. The van der Waals surface area contributed by atoms with Crippen LogP contribution in [-0.2, 0) is 19.1 Å². The number of carbonyl (C=O) groups is 3. The summed E-state index contributed by atoms with van der Waals surface area (Å²) in [6, 6.07) is 6.83. The van der Waals surface area contributed by atoms with E-state index in [4.69, 9.17) is 0 Å². The van der Waals surface area contributed by atoms with Crippen molar-refractivity contribution in [2.24, 2.45) is 0 Å². The van der Waals surface area contributed by atoms with Crippen molar-refractivity contribution >= 4 is 29.2 Å². The third-order valence-corrected chi connectivity index (χ3v) is 2.52. The number of hydrogen-bond acceptors (Lipinski definition) is 5. The lowest BCUT2D eigenvalue weighted by Crippen LogP contribution is -2.44. The van der Waals surface area contributed by atoms with Gasteiger partial charge in [-0.15, -0.1) is 0 Å². The molecule has 1 N–H and O–H groups in total. The first-order valence-electron chi connectivity index (χ1n) is 5.55. The van der Waals surface area contributed by atoms with Crippen molar-refractivity contribution in [1.82, 2.24) is 0 Å². The van der Waals surface area contributed by atoms with Crippen LogP contribution in [-0.4, -0.2) is 37.5 Å². The number of ether oxygens (including phenoxy) is 1. The van der Waals surface area contributed by atoms with E-state index >= 15 is 0 Å². The molecule has 0 unspecified atom stereocenters. The van der Waals surface area contributed by atoms with Crippen LogP contribution in [0, 0.1) is 0 Å². The van der Waals surface area contributed by atoms with E-state index in [1.807, 2.05) is 0 Å². The minimum atomic E-state index is -1.40. The quantitative estimate of drug-likeness (QED) is 0.731. The molecule has 100 valence electrons. The van der Waals surface area contributed by atoms with Crippen LogP contribution >= 0.6 is 0 Å². The highest BCUT2D eigenvalue weighted by atomic mass is 16.5. The van der Waals surface area contributed by atoms with Crippen LogP contribution in [0.25, 0.3) is 0 Å². The van der Waals surface area contributed by atoms with E-state index in [1.165, 1.54) is 4.90 Å². The summed E-state index contributed by atoms with van der Waals surface area (Å²) in [7, 11) is 0. The SMILES string of the molecule is O=C([O-])COCC(=O)N1CC(=O)Nc2ccccc21. The number of hydrogen-bond donors (Lipinski definition) is 1. The Bertz CT molecular complexity index is 529. The van der Waals surface area contributed by atoms with E-state index in [9.17, 15) is 19.5 Å². The van der Waals surface area contributed by atoms with Crippen LogP contribution < -0.4 is 15.3 Å². The highest BCUT2D eigenvalue weighted by Crippen LogP contribution is 2.28. The predicted octanol–water partition coefficient (Wildman–Crippen LogP) is -1.26. The van der Waals surface area contributed by atoms with E-state index in [-0.39, 0.29) is 12.5 Å². The van der Waals surface area contributed by atoms with Crippen molar-refractivity contribution in [3.8, 4) is 0 Å². The summed E-state index contributed by atoms with van der Waals surface area (Å²) in [6.07, 6.45) is 0. The van der Waals surface area contributed by atoms with Crippen LogP contribution in [0.3, 0.4) is 0 Å². The average Bonchev–Trinajstić information content (AvgIpc) is 2.37. The fourth-order valence-electron chi connectivity index (χ4n) is 1.76. The number of anilines is 2. The molecule has 1 aliphatic rings. The molecular formula is C12H11N2O5-. The zero-order valence-corrected chi connectivity index (χ0v) is 9.92. The second kappa shape index (κ2) is 5.49. The molecule has 2 amide bonds. The zero-order valence-electron chi connectivity index (χ0n) is 9.92. The molecule has 0 fully saturated rings.